The van der Waals surface area contributed by atoms with Gasteiger partial charge in [0.2, 0.25) is 0 Å². The van der Waals surface area contributed by atoms with Crippen LogP contribution in [0.1, 0.15) is 11.6 Å². The third-order valence-corrected chi connectivity index (χ3v) is 6.36. The molecular weight excluding hydrogens is 413 g/mol. The number of hydrogen-bond acceptors (Lipinski definition) is 5. The van der Waals surface area contributed by atoms with Crippen LogP contribution >= 0.6 is 0 Å². The third-order valence-electron chi connectivity index (χ3n) is 4.80. The van der Waals surface area contributed by atoms with Gasteiger partial charge < -0.3 is 0 Å². The second kappa shape index (κ2) is 8.21. The molecule has 0 unspecified atom stereocenters. The van der Waals surface area contributed by atoms with E-state index in [4.69, 9.17) is 14.2 Å². The topological polar surface area (TPSA) is 68.2 Å². The normalized spacial score (nSPS) is 18.9. The Morgan fingerprint density at radius 1 is 1.04 bits per heavy atom. The van der Waals surface area contributed by atoms with E-state index in [0.717, 1.165) is 5.56 Å². The van der Waals surface area contributed by atoms with Gasteiger partial charge in [-0.15, -0.1) is 0 Å². The predicted octanol–water partition coefficient (Wildman–Crippen LogP) is 1.79. The molecule has 1 amide bonds. The second-order valence-corrected chi connectivity index (χ2v) is 7.94. The molecule has 0 spiro atoms. The van der Waals surface area contributed by atoms with Crippen molar-refractivity contribution in [3.63, 3.8) is 0 Å². The Hall–Kier alpha value is -2.21. The average molecular weight is 436 g/mol. The van der Waals surface area contributed by atoms with Gasteiger partial charge in [-0.25, -0.2) is 0 Å². The number of carbonyl (C=O) groups excluding carboxylic acids is 1. The van der Waals surface area contributed by atoms with Gasteiger partial charge in [-0.2, -0.15) is 0 Å². The van der Waals surface area contributed by atoms with Crippen LogP contribution in [0, 0.1) is 5.92 Å². The molecule has 0 aliphatic carbocycles. The number of aliphatic hydroxyl groups is 1. The van der Waals surface area contributed by atoms with Crippen LogP contribution in [0.4, 0.5) is 5.69 Å². The van der Waals surface area contributed by atoms with Gasteiger partial charge in [0.15, 0.2) is 0 Å². The minimum atomic E-state index is -0.456. The monoisotopic (exact) mass is 437 g/mol. The quantitative estimate of drug-likeness (QED) is 0.530. The molecule has 1 aliphatic rings. The molecule has 6 nitrogen and oxygen atoms in total. The Labute approximate surface area is 165 Å². The average Bonchev–Trinajstić information content (AvgIpc) is 2.71. The summed E-state index contributed by atoms with van der Waals surface area (Å²) in [5, 5.41) is 9.72. The maximum atomic E-state index is 12.7. The van der Waals surface area contributed by atoms with Crippen LogP contribution in [-0.2, 0) is 4.79 Å². The van der Waals surface area contributed by atoms with Crippen LogP contribution in [0.25, 0.3) is 0 Å². The van der Waals surface area contributed by atoms with Crippen LogP contribution < -0.4 is 23.6 Å². The molecule has 1 N–H and O–H groups in total. The predicted molar refractivity (Wildman–Crippen MR) is 105 cm³/mol. The number of aliphatic hydroxyl groups excluding tert-OH is 1. The fourth-order valence-electron chi connectivity index (χ4n) is 3.40. The molecule has 2 aromatic rings. The molecule has 27 heavy (non-hydrogen) atoms. The van der Waals surface area contributed by atoms with Gasteiger partial charge in [-0.3, -0.25) is 0 Å². The summed E-state index contributed by atoms with van der Waals surface area (Å²) in [6.07, 6.45) is 0. The Balaban J connectivity index is 2.04. The number of benzene rings is 2. The van der Waals surface area contributed by atoms with Crippen LogP contribution in [0.3, 0.4) is 0 Å². The number of carbonyl (C=O) groups is 1. The zero-order valence-corrected chi connectivity index (χ0v) is 17.5. The van der Waals surface area contributed by atoms with E-state index in [1.54, 1.807) is 17.0 Å². The number of rotatable bonds is 7. The van der Waals surface area contributed by atoms with E-state index in [1.807, 2.05) is 12.1 Å². The molecule has 2 aromatic carbocycles. The molecule has 1 aliphatic heterocycles. The molecular formula is C20H23NO5Se. The molecule has 0 bridgehead atoms. The number of amides is 1. The fraction of sp³-hybridized carbons (Fsp3) is 0.350. The maximum absolute atomic E-state index is 12.7. The van der Waals surface area contributed by atoms with Gasteiger partial charge in [-0.1, -0.05) is 0 Å². The number of anilines is 1. The van der Waals surface area contributed by atoms with Crippen LogP contribution in [0.5, 0.6) is 17.2 Å². The van der Waals surface area contributed by atoms with Gasteiger partial charge in [-0.05, 0) is 0 Å². The van der Waals surface area contributed by atoms with Gasteiger partial charge in [0, 0.05) is 0 Å². The molecule has 0 saturated carbocycles. The van der Waals surface area contributed by atoms with E-state index in [-0.39, 0.29) is 18.6 Å². The molecule has 144 valence electrons. The molecule has 1 fully saturated rings. The SMILES string of the molecule is COc1cc(N2C(=O)[C@@H](CO)[C@@H]2c2ccc([Se]C)cc2)cc(OC)c1OC. The van der Waals surface area contributed by atoms with Crippen LogP contribution in [0.15, 0.2) is 36.4 Å². The van der Waals surface area contributed by atoms with E-state index >= 15 is 0 Å². The molecule has 3 rings (SSSR count). The first kappa shape index (κ1) is 19.5. The Kier molecular flexibility index (Phi) is 5.95. The summed E-state index contributed by atoms with van der Waals surface area (Å²) in [6, 6.07) is 11.5. The van der Waals surface area contributed by atoms with Crippen molar-refractivity contribution in [3.8, 4) is 17.2 Å². The Morgan fingerprint density at radius 3 is 2.07 bits per heavy atom. The van der Waals surface area contributed by atoms with Crippen molar-refractivity contribution in [3.05, 3.63) is 42.0 Å². The summed E-state index contributed by atoms with van der Waals surface area (Å²) in [4.78, 5) is 14.4. The van der Waals surface area contributed by atoms with Crippen molar-refractivity contribution in [2.45, 2.75) is 11.9 Å². The van der Waals surface area contributed by atoms with Gasteiger partial charge in [0.05, 0.1) is 0 Å². The summed E-state index contributed by atoms with van der Waals surface area (Å²) in [5.74, 6) is 3.02. The van der Waals surface area contributed by atoms with E-state index in [2.05, 4.69) is 18.0 Å². The van der Waals surface area contributed by atoms with Crippen molar-refractivity contribution >= 4 is 31.0 Å². The third kappa shape index (κ3) is 3.38. The zero-order valence-electron chi connectivity index (χ0n) is 15.8. The van der Waals surface area contributed by atoms with Crippen LogP contribution in [-0.4, -0.2) is 53.9 Å². The van der Waals surface area contributed by atoms with Crippen LogP contribution in [0.2, 0.25) is 5.82 Å². The number of ether oxygens (including phenoxy) is 3. The van der Waals surface area contributed by atoms with Gasteiger partial charge in [0.1, 0.15) is 0 Å². The van der Waals surface area contributed by atoms with E-state index in [0.29, 0.717) is 37.9 Å². The first-order chi connectivity index (χ1) is 13.1. The van der Waals surface area contributed by atoms with Gasteiger partial charge >= 0.3 is 165 Å². The van der Waals surface area contributed by atoms with Crippen molar-refractivity contribution < 1.29 is 24.1 Å². The molecule has 7 heteroatoms. The van der Waals surface area contributed by atoms with E-state index in [9.17, 15) is 9.90 Å². The molecule has 0 radical (unpaired) electrons. The Bertz CT molecular complexity index is 799. The standard InChI is InChI=1S/C20H23NO5Se/c1-24-16-9-13(10-17(25-2)19(16)26-3)21-18(15(11-22)20(21)23)12-5-7-14(27-4)8-6-12/h5-10,15,18,22H,11H2,1-4H3/t15-,18-/m0/s1. The number of nitrogens with zero attached hydrogens (tertiary/aromatic N) is 1. The van der Waals surface area contributed by atoms with E-state index in [1.165, 1.54) is 25.8 Å². The summed E-state index contributed by atoms with van der Waals surface area (Å²) < 4.78 is 17.5. The van der Waals surface area contributed by atoms with Crippen molar-refractivity contribution in [2.75, 3.05) is 32.8 Å². The molecule has 1 saturated heterocycles. The van der Waals surface area contributed by atoms with E-state index < -0.39 is 5.92 Å². The fourth-order valence-corrected chi connectivity index (χ4v) is 4.26. The molecule has 1 heterocycles. The summed E-state index contributed by atoms with van der Waals surface area (Å²) >= 11 is 0.417. The summed E-state index contributed by atoms with van der Waals surface area (Å²) in [6.45, 7) is -0.191. The first-order valence-electron chi connectivity index (χ1n) is 8.47. The summed E-state index contributed by atoms with van der Waals surface area (Å²) in [5.41, 5.74) is 1.64. The minimum absolute atomic E-state index is 0.124. The number of hydrogen-bond donors (Lipinski definition) is 1. The first-order valence-corrected chi connectivity index (χ1v) is 11.0. The molecule has 0 aromatic heterocycles. The van der Waals surface area contributed by atoms with Crippen molar-refractivity contribution in [1.29, 1.82) is 0 Å². The summed E-state index contributed by atoms with van der Waals surface area (Å²) in [7, 11) is 4.62. The molecule has 2 atom stereocenters. The second-order valence-electron chi connectivity index (χ2n) is 6.10. The number of methoxy groups -OCH3 is 3. The number of β-lactam (4-membered cyclic amide) rings is 1. The van der Waals surface area contributed by atoms with Gasteiger partial charge in [0.25, 0.3) is 0 Å². The van der Waals surface area contributed by atoms with Crippen molar-refractivity contribution in [1.82, 2.24) is 0 Å². The zero-order chi connectivity index (χ0) is 19.6. The van der Waals surface area contributed by atoms with Crippen molar-refractivity contribution in [2.24, 2.45) is 5.92 Å². The Morgan fingerprint density at radius 2 is 1.63 bits per heavy atom.